The largest absolute Gasteiger partial charge is 0.477 e. The number of benzene rings is 2. The summed E-state index contributed by atoms with van der Waals surface area (Å²) >= 11 is 0. The molecule has 1 saturated heterocycles. The fourth-order valence-electron chi connectivity index (χ4n) is 4.97. The monoisotopic (exact) mass is 528 g/mol. The summed E-state index contributed by atoms with van der Waals surface area (Å²) in [6.45, 7) is 5.40. The van der Waals surface area contributed by atoms with Gasteiger partial charge >= 0.3 is 5.97 Å². The lowest BCUT2D eigenvalue weighted by molar-refractivity contribution is -0.384. The summed E-state index contributed by atoms with van der Waals surface area (Å²) < 4.78 is 29.5. The summed E-state index contributed by atoms with van der Waals surface area (Å²) in [6, 6.07) is 4.98. The SMILES string of the molecule is CCN(CC)C(=O)C1CCCN(c2cc3c(cc2[N+](=O)[O-])c(=O)c(C(=O)O)cn3-c2ccc(F)cc2F)C1. The van der Waals surface area contributed by atoms with E-state index in [2.05, 4.69) is 0 Å². The standard InChI is InChI=1S/C26H26F2N4O6/c1-3-29(4-2)25(34)15-6-5-9-30(13-15)22-12-21-17(11-23(22)32(37)38)24(33)18(26(35)36)14-31(21)20-8-7-16(27)10-19(20)28/h7-8,10-12,14-15H,3-6,9,13H2,1-2H3,(H,35,36). The Balaban J connectivity index is 1.95. The molecule has 200 valence electrons. The van der Waals surface area contributed by atoms with Gasteiger partial charge in [-0.1, -0.05) is 0 Å². The van der Waals surface area contributed by atoms with Crippen LogP contribution in [0.25, 0.3) is 16.6 Å². The van der Waals surface area contributed by atoms with Gasteiger partial charge in [0.25, 0.3) is 5.69 Å². The number of carbonyl (C=O) groups is 2. The van der Waals surface area contributed by atoms with Gasteiger partial charge in [-0.2, -0.15) is 0 Å². The van der Waals surface area contributed by atoms with E-state index in [9.17, 15) is 38.4 Å². The molecule has 1 atom stereocenters. The summed E-state index contributed by atoms with van der Waals surface area (Å²) in [7, 11) is 0. The number of hydrogen-bond donors (Lipinski definition) is 1. The Morgan fingerprint density at radius 1 is 1.16 bits per heavy atom. The number of piperidine rings is 1. The van der Waals surface area contributed by atoms with Crippen LogP contribution in [0.1, 0.15) is 37.0 Å². The van der Waals surface area contributed by atoms with E-state index in [1.54, 1.807) is 9.80 Å². The number of anilines is 1. The van der Waals surface area contributed by atoms with E-state index < -0.39 is 45.1 Å². The number of fused-ring (bicyclic) bond motifs is 1. The number of pyridine rings is 1. The Hall–Kier alpha value is -4.35. The average Bonchev–Trinajstić information content (AvgIpc) is 2.89. The molecule has 1 aliphatic heterocycles. The van der Waals surface area contributed by atoms with Gasteiger partial charge in [-0.05, 0) is 44.9 Å². The summed E-state index contributed by atoms with van der Waals surface area (Å²) in [5.41, 5.74) is -2.28. The number of carbonyl (C=O) groups excluding carboxylic acids is 1. The lowest BCUT2D eigenvalue weighted by atomic mass is 9.95. The van der Waals surface area contributed by atoms with Crippen molar-refractivity contribution in [1.82, 2.24) is 9.47 Å². The smallest absolute Gasteiger partial charge is 0.341 e. The Bertz CT molecular complexity index is 1500. The van der Waals surface area contributed by atoms with Crippen molar-refractivity contribution in [1.29, 1.82) is 0 Å². The predicted molar refractivity (Wildman–Crippen MR) is 136 cm³/mol. The number of carboxylic acids is 1. The zero-order chi connectivity index (χ0) is 27.7. The van der Waals surface area contributed by atoms with E-state index in [-0.39, 0.29) is 34.7 Å². The molecular formula is C26H26F2N4O6. The molecule has 0 radical (unpaired) electrons. The third-order valence-electron chi connectivity index (χ3n) is 6.88. The first kappa shape index (κ1) is 26.7. The van der Waals surface area contributed by atoms with Gasteiger partial charge in [0.2, 0.25) is 11.3 Å². The van der Waals surface area contributed by atoms with Gasteiger partial charge < -0.3 is 19.5 Å². The number of nitro benzene ring substituents is 1. The molecule has 1 fully saturated rings. The molecule has 2 heterocycles. The first-order valence-electron chi connectivity index (χ1n) is 12.2. The Kier molecular flexibility index (Phi) is 7.42. The van der Waals surface area contributed by atoms with Gasteiger partial charge in [0.1, 0.15) is 22.9 Å². The second kappa shape index (κ2) is 10.6. The normalized spacial score (nSPS) is 15.5. The number of aromatic carboxylic acids is 1. The van der Waals surface area contributed by atoms with Crippen LogP contribution in [-0.4, -0.2) is 57.6 Å². The molecule has 10 nitrogen and oxygen atoms in total. The van der Waals surface area contributed by atoms with E-state index in [1.807, 2.05) is 13.8 Å². The van der Waals surface area contributed by atoms with Crippen molar-refractivity contribution in [3.8, 4) is 5.69 Å². The number of carboxylic acid groups (broad SMARTS) is 1. The number of nitrogens with zero attached hydrogens (tertiary/aromatic N) is 4. The minimum absolute atomic E-state index is 0.00306. The molecule has 4 rings (SSSR count). The van der Waals surface area contributed by atoms with Crippen molar-refractivity contribution in [2.75, 3.05) is 31.1 Å². The minimum atomic E-state index is -1.60. The number of nitro groups is 1. The second-order valence-corrected chi connectivity index (χ2v) is 9.05. The molecule has 12 heteroatoms. The van der Waals surface area contributed by atoms with Crippen LogP contribution in [0.2, 0.25) is 0 Å². The third-order valence-corrected chi connectivity index (χ3v) is 6.88. The summed E-state index contributed by atoms with van der Waals surface area (Å²) in [6.07, 6.45) is 2.12. The zero-order valence-corrected chi connectivity index (χ0v) is 20.8. The maximum Gasteiger partial charge on any atom is 0.341 e. The molecule has 38 heavy (non-hydrogen) atoms. The number of aromatic nitrogens is 1. The zero-order valence-electron chi connectivity index (χ0n) is 20.8. The molecule has 1 amide bonds. The van der Waals surface area contributed by atoms with Gasteiger partial charge in [0, 0.05) is 44.5 Å². The van der Waals surface area contributed by atoms with E-state index >= 15 is 0 Å². The fourth-order valence-corrected chi connectivity index (χ4v) is 4.97. The van der Waals surface area contributed by atoms with Gasteiger partial charge in [-0.15, -0.1) is 0 Å². The molecule has 0 spiro atoms. The highest BCUT2D eigenvalue weighted by Crippen LogP contribution is 2.36. The van der Waals surface area contributed by atoms with Crippen LogP contribution in [0.15, 0.2) is 41.3 Å². The lowest BCUT2D eigenvalue weighted by Crippen LogP contribution is -2.45. The maximum absolute atomic E-state index is 14.8. The molecule has 0 aliphatic carbocycles. The van der Waals surface area contributed by atoms with Crippen molar-refractivity contribution in [2.24, 2.45) is 5.92 Å². The highest BCUT2D eigenvalue weighted by molar-refractivity contribution is 5.96. The van der Waals surface area contributed by atoms with Crippen LogP contribution in [0, 0.1) is 27.7 Å². The number of rotatable bonds is 7. The van der Waals surface area contributed by atoms with E-state index in [0.717, 1.165) is 29.0 Å². The molecule has 1 N–H and O–H groups in total. The van der Waals surface area contributed by atoms with Crippen molar-refractivity contribution in [2.45, 2.75) is 26.7 Å². The van der Waals surface area contributed by atoms with Crippen LogP contribution in [0.4, 0.5) is 20.2 Å². The first-order chi connectivity index (χ1) is 18.1. The molecule has 0 saturated carbocycles. The maximum atomic E-state index is 14.8. The average molecular weight is 529 g/mol. The van der Waals surface area contributed by atoms with Gasteiger partial charge in [-0.3, -0.25) is 19.7 Å². The van der Waals surface area contributed by atoms with Crippen LogP contribution < -0.4 is 10.3 Å². The Morgan fingerprint density at radius 2 is 1.87 bits per heavy atom. The van der Waals surface area contributed by atoms with Crippen molar-refractivity contribution in [3.05, 3.63) is 74.1 Å². The molecule has 0 bridgehead atoms. The summed E-state index contributed by atoms with van der Waals surface area (Å²) in [4.78, 5) is 52.6. The van der Waals surface area contributed by atoms with Crippen LogP contribution in [0.3, 0.4) is 0 Å². The number of hydrogen-bond acceptors (Lipinski definition) is 6. The molecule has 3 aromatic rings. The summed E-state index contributed by atoms with van der Waals surface area (Å²) in [5, 5.41) is 21.3. The van der Waals surface area contributed by atoms with E-state index in [1.165, 1.54) is 6.07 Å². The van der Waals surface area contributed by atoms with Crippen LogP contribution >= 0.6 is 0 Å². The van der Waals surface area contributed by atoms with Gasteiger partial charge in [-0.25, -0.2) is 13.6 Å². The summed E-state index contributed by atoms with van der Waals surface area (Å²) in [5.74, 6) is -3.93. The minimum Gasteiger partial charge on any atom is -0.477 e. The van der Waals surface area contributed by atoms with Crippen molar-refractivity contribution in [3.63, 3.8) is 0 Å². The topological polar surface area (TPSA) is 126 Å². The number of amides is 1. The molecule has 1 aromatic heterocycles. The van der Waals surface area contributed by atoms with Gasteiger partial charge in [0.15, 0.2) is 0 Å². The molecule has 1 unspecified atom stereocenters. The second-order valence-electron chi connectivity index (χ2n) is 9.05. The Labute approximate surface area is 215 Å². The van der Waals surface area contributed by atoms with Crippen LogP contribution in [-0.2, 0) is 4.79 Å². The van der Waals surface area contributed by atoms with Crippen molar-refractivity contribution < 1.29 is 28.4 Å². The predicted octanol–water partition coefficient (Wildman–Crippen LogP) is 3.96. The number of halogens is 2. The molecule has 2 aromatic carbocycles. The molecular weight excluding hydrogens is 502 g/mol. The lowest BCUT2D eigenvalue weighted by Gasteiger charge is -2.35. The van der Waals surface area contributed by atoms with E-state index in [0.29, 0.717) is 38.5 Å². The fraction of sp³-hybridized carbons (Fsp3) is 0.346. The third kappa shape index (κ3) is 4.81. The van der Waals surface area contributed by atoms with Crippen LogP contribution in [0.5, 0.6) is 0 Å². The van der Waals surface area contributed by atoms with E-state index in [4.69, 9.17) is 0 Å². The quantitative estimate of drug-likeness (QED) is 0.363. The Morgan fingerprint density at radius 3 is 2.47 bits per heavy atom. The molecule has 1 aliphatic rings. The first-order valence-corrected chi connectivity index (χ1v) is 12.2. The highest BCUT2D eigenvalue weighted by Gasteiger charge is 2.32. The highest BCUT2D eigenvalue weighted by atomic mass is 19.1. The van der Waals surface area contributed by atoms with Crippen molar-refractivity contribution >= 4 is 34.2 Å². The van der Waals surface area contributed by atoms with Gasteiger partial charge in [0.05, 0.1) is 27.4 Å².